The first-order valence-electron chi connectivity index (χ1n) is 4.29. The van der Waals surface area contributed by atoms with Gasteiger partial charge in [-0.25, -0.2) is 0 Å². The van der Waals surface area contributed by atoms with E-state index in [1.807, 2.05) is 30.8 Å². The molecule has 1 heterocycles. The molecule has 4 nitrogen and oxygen atoms in total. The van der Waals surface area contributed by atoms with Crippen molar-refractivity contribution in [1.82, 2.24) is 15.1 Å². The maximum Gasteiger partial charge on any atom is 0.237 e. The molecule has 1 unspecified atom stereocenters. The molecule has 0 bridgehead atoms. The van der Waals surface area contributed by atoms with E-state index in [4.69, 9.17) is 0 Å². The minimum absolute atomic E-state index is 0. The minimum atomic E-state index is 0. The van der Waals surface area contributed by atoms with Crippen LogP contribution in [0.25, 0.3) is 0 Å². The second kappa shape index (κ2) is 5.42. The zero-order valence-electron chi connectivity index (χ0n) is 8.41. The van der Waals surface area contributed by atoms with Crippen molar-refractivity contribution >= 4 is 18.3 Å². The third-order valence-electron chi connectivity index (χ3n) is 2.32. The number of nitrogens with zero attached hydrogens (tertiary/aromatic N) is 2. The SMILES string of the molecule is CC(N(C)C)N1CCNCC1=O.Cl. The Labute approximate surface area is 85.7 Å². The Morgan fingerprint density at radius 1 is 1.54 bits per heavy atom. The van der Waals surface area contributed by atoms with Gasteiger partial charge in [-0.1, -0.05) is 0 Å². The van der Waals surface area contributed by atoms with Crippen molar-refractivity contribution in [1.29, 1.82) is 0 Å². The van der Waals surface area contributed by atoms with Gasteiger partial charge in [-0.2, -0.15) is 0 Å². The molecular formula is C8H18ClN3O. The number of carbonyl (C=O) groups excluding carboxylic acids is 1. The lowest BCUT2D eigenvalue weighted by molar-refractivity contribution is -0.137. The number of carbonyl (C=O) groups is 1. The van der Waals surface area contributed by atoms with Crippen LogP contribution in [0.2, 0.25) is 0 Å². The minimum Gasteiger partial charge on any atom is -0.325 e. The second-order valence-electron chi connectivity index (χ2n) is 3.36. The first kappa shape index (κ1) is 12.7. The zero-order chi connectivity index (χ0) is 9.14. The molecule has 0 aromatic heterocycles. The summed E-state index contributed by atoms with van der Waals surface area (Å²) < 4.78 is 0. The highest BCUT2D eigenvalue weighted by atomic mass is 35.5. The lowest BCUT2D eigenvalue weighted by Crippen LogP contribution is -2.55. The standard InChI is InChI=1S/C8H17N3O.ClH/c1-7(10(2)3)11-5-4-9-6-8(11)12;/h7,9H,4-6H2,1-3H3;1H. The van der Waals surface area contributed by atoms with E-state index in [9.17, 15) is 4.79 Å². The number of rotatable bonds is 2. The van der Waals surface area contributed by atoms with Crippen LogP contribution in [0.1, 0.15) is 6.92 Å². The maximum atomic E-state index is 11.4. The highest BCUT2D eigenvalue weighted by molar-refractivity contribution is 5.85. The average molecular weight is 208 g/mol. The number of piperazine rings is 1. The molecule has 1 amide bonds. The van der Waals surface area contributed by atoms with Gasteiger partial charge in [-0.05, 0) is 21.0 Å². The van der Waals surface area contributed by atoms with Crippen LogP contribution in [0.15, 0.2) is 0 Å². The fourth-order valence-corrected chi connectivity index (χ4v) is 1.30. The smallest absolute Gasteiger partial charge is 0.237 e. The van der Waals surface area contributed by atoms with E-state index in [0.717, 1.165) is 13.1 Å². The topological polar surface area (TPSA) is 35.6 Å². The Hall–Kier alpha value is -0.320. The molecule has 0 spiro atoms. The third kappa shape index (κ3) is 3.14. The molecule has 1 fully saturated rings. The Balaban J connectivity index is 0.00000144. The highest BCUT2D eigenvalue weighted by Crippen LogP contribution is 2.03. The molecule has 1 aliphatic heterocycles. The first-order valence-corrected chi connectivity index (χ1v) is 4.29. The molecule has 1 rings (SSSR count). The Morgan fingerprint density at radius 2 is 2.15 bits per heavy atom. The van der Waals surface area contributed by atoms with E-state index in [-0.39, 0.29) is 24.5 Å². The average Bonchev–Trinajstić information content (AvgIpc) is 2.04. The Kier molecular flexibility index (Phi) is 5.29. The highest BCUT2D eigenvalue weighted by Gasteiger charge is 2.23. The normalized spacial score (nSPS) is 20.0. The molecule has 78 valence electrons. The molecule has 1 aliphatic rings. The van der Waals surface area contributed by atoms with Crippen molar-refractivity contribution in [2.75, 3.05) is 33.7 Å². The molecule has 1 saturated heterocycles. The van der Waals surface area contributed by atoms with Crippen LogP contribution in [-0.2, 0) is 4.79 Å². The van der Waals surface area contributed by atoms with Crippen molar-refractivity contribution < 1.29 is 4.79 Å². The monoisotopic (exact) mass is 207 g/mol. The first-order chi connectivity index (χ1) is 5.63. The van der Waals surface area contributed by atoms with E-state index >= 15 is 0 Å². The van der Waals surface area contributed by atoms with Crippen molar-refractivity contribution in [2.45, 2.75) is 13.1 Å². The maximum absolute atomic E-state index is 11.4. The summed E-state index contributed by atoms with van der Waals surface area (Å²) in [6.07, 6.45) is 0.208. The summed E-state index contributed by atoms with van der Waals surface area (Å²) in [5.41, 5.74) is 0. The number of nitrogens with one attached hydrogen (secondary N) is 1. The lowest BCUT2D eigenvalue weighted by atomic mass is 10.3. The number of hydrogen-bond acceptors (Lipinski definition) is 3. The molecule has 0 aliphatic carbocycles. The van der Waals surface area contributed by atoms with Crippen LogP contribution in [0.5, 0.6) is 0 Å². The van der Waals surface area contributed by atoms with Crippen LogP contribution in [-0.4, -0.2) is 55.6 Å². The van der Waals surface area contributed by atoms with Gasteiger partial charge >= 0.3 is 0 Å². The van der Waals surface area contributed by atoms with Crippen LogP contribution in [0.3, 0.4) is 0 Å². The second-order valence-corrected chi connectivity index (χ2v) is 3.36. The van der Waals surface area contributed by atoms with Gasteiger partial charge in [0.1, 0.15) is 0 Å². The van der Waals surface area contributed by atoms with Crippen LogP contribution in [0, 0.1) is 0 Å². The predicted octanol–water partition coefficient (Wildman–Crippen LogP) is -0.252. The summed E-state index contributed by atoms with van der Waals surface area (Å²) in [5.74, 6) is 0.197. The van der Waals surface area contributed by atoms with Crippen LogP contribution in [0.4, 0.5) is 0 Å². The van der Waals surface area contributed by atoms with Gasteiger partial charge in [0.05, 0.1) is 12.7 Å². The van der Waals surface area contributed by atoms with Crippen LogP contribution >= 0.6 is 12.4 Å². The summed E-state index contributed by atoms with van der Waals surface area (Å²) in [6.45, 7) is 4.25. The number of hydrogen-bond donors (Lipinski definition) is 1. The van der Waals surface area contributed by atoms with Crippen molar-refractivity contribution in [3.05, 3.63) is 0 Å². The van der Waals surface area contributed by atoms with Crippen LogP contribution < -0.4 is 5.32 Å². The lowest BCUT2D eigenvalue weighted by Gasteiger charge is -2.36. The molecule has 1 N–H and O–H groups in total. The summed E-state index contributed by atoms with van der Waals surface area (Å²) in [6, 6.07) is 0. The van der Waals surface area contributed by atoms with Gasteiger partial charge in [0.2, 0.25) is 5.91 Å². The quantitative estimate of drug-likeness (QED) is 0.679. The van der Waals surface area contributed by atoms with Crippen molar-refractivity contribution in [2.24, 2.45) is 0 Å². The third-order valence-corrected chi connectivity index (χ3v) is 2.32. The summed E-state index contributed by atoms with van der Waals surface area (Å²) >= 11 is 0. The number of amides is 1. The zero-order valence-corrected chi connectivity index (χ0v) is 9.23. The van der Waals surface area contributed by atoms with E-state index in [2.05, 4.69) is 5.32 Å². The van der Waals surface area contributed by atoms with E-state index < -0.39 is 0 Å². The van der Waals surface area contributed by atoms with E-state index in [1.165, 1.54) is 0 Å². The molecule has 1 atom stereocenters. The molecule has 0 aromatic rings. The molecule has 13 heavy (non-hydrogen) atoms. The predicted molar refractivity (Wildman–Crippen MR) is 55.0 cm³/mol. The Bertz CT molecular complexity index is 175. The summed E-state index contributed by atoms with van der Waals surface area (Å²) in [7, 11) is 3.97. The van der Waals surface area contributed by atoms with Gasteiger partial charge in [0, 0.05) is 13.1 Å². The fourth-order valence-electron chi connectivity index (χ4n) is 1.30. The number of halogens is 1. The molecular weight excluding hydrogens is 190 g/mol. The van der Waals surface area contributed by atoms with Crippen molar-refractivity contribution in [3.63, 3.8) is 0 Å². The molecule has 5 heteroatoms. The molecule has 0 radical (unpaired) electrons. The van der Waals surface area contributed by atoms with E-state index in [0.29, 0.717) is 6.54 Å². The van der Waals surface area contributed by atoms with Gasteiger partial charge < -0.3 is 10.2 Å². The Morgan fingerprint density at radius 3 is 2.62 bits per heavy atom. The van der Waals surface area contributed by atoms with Gasteiger partial charge in [0.25, 0.3) is 0 Å². The van der Waals surface area contributed by atoms with E-state index in [1.54, 1.807) is 0 Å². The fraction of sp³-hybridized carbons (Fsp3) is 0.875. The van der Waals surface area contributed by atoms with Crippen molar-refractivity contribution in [3.8, 4) is 0 Å². The summed E-state index contributed by atoms with van der Waals surface area (Å²) in [5, 5.41) is 3.05. The summed E-state index contributed by atoms with van der Waals surface area (Å²) in [4.78, 5) is 15.3. The largest absolute Gasteiger partial charge is 0.325 e. The molecule has 0 aromatic carbocycles. The van der Waals surface area contributed by atoms with Gasteiger partial charge in [-0.15, -0.1) is 12.4 Å². The van der Waals surface area contributed by atoms with Gasteiger partial charge in [0.15, 0.2) is 0 Å². The molecule has 0 saturated carbocycles. The van der Waals surface area contributed by atoms with Gasteiger partial charge in [-0.3, -0.25) is 9.69 Å².